The molecule has 0 spiro atoms. The number of halogens is 1. The van der Waals surface area contributed by atoms with E-state index in [0.29, 0.717) is 5.56 Å². The molecule has 2 rings (SSSR count). The summed E-state index contributed by atoms with van der Waals surface area (Å²) in [6.07, 6.45) is 0. The average Bonchev–Trinajstić information content (AvgIpc) is 2.47. The largest absolute Gasteiger partial charge is 0.350 e. The van der Waals surface area contributed by atoms with Gasteiger partial charge < -0.3 is 5.32 Å². The molecule has 0 bridgehead atoms. The van der Waals surface area contributed by atoms with Gasteiger partial charge in [0.15, 0.2) is 0 Å². The van der Waals surface area contributed by atoms with Gasteiger partial charge >= 0.3 is 0 Å². The van der Waals surface area contributed by atoms with Crippen LogP contribution < -0.4 is 5.32 Å². The van der Waals surface area contributed by atoms with Crippen molar-refractivity contribution in [3.8, 4) is 0 Å². The molecule has 110 valence electrons. The Bertz CT molecular complexity index is 599. The number of hydrogen-bond acceptors (Lipinski definition) is 2. The quantitative estimate of drug-likeness (QED) is 0.916. The molecule has 0 fully saturated rings. The average molecular weight is 286 g/mol. The Morgan fingerprint density at radius 2 is 1.71 bits per heavy atom. The van der Waals surface area contributed by atoms with Crippen LogP contribution in [0.3, 0.4) is 0 Å². The van der Waals surface area contributed by atoms with E-state index in [1.165, 1.54) is 6.07 Å². The first-order valence-corrected chi connectivity index (χ1v) is 6.82. The fourth-order valence-corrected chi connectivity index (χ4v) is 2.24. The van der Waals surface area contributed by atoms with Gasteiger partial charge in [-0.15, -0.1) is 0 Å². The van der Waals surface area contributed by atoms with Gasteiger partial charge in [0, 0.05) is 12.1 Å². The molecular weight excluding hydrogens is 267 g/mol. The van der Waals surface area contributed by atoms with Gasteiger partial charge in [-0.25, -0.2) is 4.39 Å². The van der Waals surface area contributed by atoms with Gasteiger partial charge in [0.25, 0.3) is 0 Å². The number of nitrogens with one attached hydrogen (secondary N) is 1. The maximum atomic E-state index is 13.6. The lowest BCUT2D eigenvalue weighted by Gasteiger charge is -2.23. The van der Waals surface area contributed by atoms with Crippen LogP contribution in [0.1, 0.15) is 17.2 Å². The van der Waals surface area contributed by atoms with Crippen LogP contribution in [0.4, 0.5) is 4.39 Å². The number of likely N-dealkylation sites (N-methyl/N-ethyl adjacent to an activating group) is 1. The summed E-state index contributed by atoms with van der Waals surface area (Å²) < 4.78 is 13.6. The first-order chi connectivity index (χ1) is 10.1. The van der Waals surface area contributed by atoms with Crippen LogP contribution in [-0.4, -0.2) is 24.9 Å². The van der Waals surface area contributed by atoms with Crippen LogP contribution in [0.5, 0.6) is 0 Å². The number of amides is 1. The van der Waals surface area contributed by atoms with Crippen molar-refractivity contribution < 1.29 is 9.18 Å². The van der Waals surface area contributed by atoms with Crippen LogP contribution >= 0.6 is 0 Å². The Morgan fingerprint density at radius 3 is 2.33 bits per heavy atom. The molecule has 1 atom stereocenters. The zero-order chi connectivity index (χ0) is 15.2. The molecular formula is C17H19FN2O. The number of nitrogens with zero attached hydrogens (tertiary/aromatic N) is 1. The van der Waals surface area contributed by atoms with E-state index < -0.39 is 6.04 Å². The first-order valence-electron chi connectivity index (χ1n) is 6.82. The fourth-order valence-electron chi connectivity index (χ4n) is 2.24. The molecule has 0 saturated heterocycles. The van der Waals surface area contributed by atoms with E-state index in [2.05, 4.69) is 5.32 Å². The van der Waals surface area contributed by atoms with Crippen LogP contribution in [0, 0.1) is 5.82 Å². The van der Waals surface area contributed by atoms with E-state index in [-0.39, 0.29) is 18.3 Å². The van der Waals surface area contributed by atoms with E-state index in [4.69, 9.17) is 0 Å². The van der Waals surface area contributed by atoms with Gasteiger partial charge in [-0.3, -0.25) is 9.69 Å². The summed E-state index contributed by atoms with van der Waals surface area (Å²) in [7, 11) is 3.70. The Kier molecular flexibility index (Phi) is 5.06. The van der Waals surface area contributed by atoms with Crippen LogP contribution in [0.2, 0.25) is 0 Å². The Morgan fingerprint density at radius 1 is 1.10 bits per heavy atom. The second-order valence-corrected chi connectivity index (χ2v) is 5.09. The summed E-state index contributed by atoms with van der Waals surface area (Å²) >= 11 is 0. The van der Waals surface area contributed by atoms with E-state index in [1.807, 2.05) is 49.3 Å². The monoisotopic (exact) mass is 286 g/mol. The number of rotatable bonds is 5. The number of benzene rings is 2. The molecule has 1 unspecified atom stereocenters. The van der Waals surface area contributed by atoms with E-state index in [1.54, 1.807) is 18.2 Å². The predicted molar refractivity (Wildman–Crippen MR) is 81.1 cm³/mol. The molecule has 1 amide bonds. The van der Waals surface area contributed by atoms with E-state index in [0.717, 1.165) is 5.56 Å². The highest BCUT2D eigenvalue weighted by molar-refractivity contribution is 5.83. The highest BCUT2D eigenvalue weighted by Gasteiger charge is 2.22. The molecule has 2 aromatic rings. The Labute approximate surface area is 124 Å². The van der Waals surface area contributed by atoms with Gasteiger partial charge in [-0.2, -0.15) is 0 Å². The number of carbonyl (C=O) groups is 1. The highest BCUT2D eigenvalue weighted by atomic mass is 19.1. The first kappa shape index (κ1) is 15.2. The molecule has 21 heavy (non-hydrogen) atoms. The van der Waals surface area contributed by atoms with Crippen molar-refractivity contribution >= 4 is 5.91 Å². The third-order valence-electron chi connectivity index (χ3n) is 3.29. The molecule has 0 aliphatic rings. The number of carbonyl (C=O) groups excluding carboxylic acids is 1. The van der Waals surface area contributed by atoms with E-state index >= 15 is 0 Å². The SMILES string of the molecule is CN(C)C(C(=O)NCc1ccccc1F)c1ccccc1. The molecule has 0 aliphatic carbocycles. The summed E-state index contributed by atoms with van der Waals surface area (Å²) in [5.41, 5.74) is 1.39. The van der Waals surface area contributed by atoms with Gasteiger partial charge in [0.1, 0.15) is 11.9 Å². The Balaban J connectivity index is 2.08. The maximum absolute atomic E-state index is 13.6. The lowest BCUT2D eigenvalue weighted by Crippen LogP contribution is -2.36. The molecule has 0 aliphatic heterocycles. The van der Waals surface area contributed by atoms with Crippen molar-refractivity contribution in [1.82, 2.24) is 10.2 Å². The number of hydrogen-bond donors (Lipinski definition) is 1. The molecule has 0 aromatic heterocycles. The minimum Gasteiger partial charge on any atom is -0.350 e. The van der Waals surface area contributed by atoms with Crippen molar-refractivity contribution in [2.45, 2.75) is 12.6 Å². The zero-order valence-corrected chi connectivity index (χ0v) is 12.2. The van der Waals surface area contributed by atoms with Crippen LogP contribution in [0.15, 0.2) is 54.6 Å². The van der Waals surface area contributed by atoms with Crippen molar-refractivity contribution in [3.05, 3.63) is 71.5 Å². The summed E-state index contributed by atoms with van der Waals surface area (Å²) in [5.74, 6) is -0.451. The summed E-state index contributed by atoms with van der Waals surface area (Å²) in [6.45, 7) is 0.183. The van der Waals surface area contributed by atoms with E-state index in [9.17, 15) is 9.18 Å². The maximum Gasteiger partial charge on any atom is 0.242 e. The lowest BCUT2D eigenvalue weighted by molar-refractivity contribution is -0.125. The normalized spacial score (nSPS) is 12.2. The Hall–Kier alpha value is -2.20. The predicted octanol–water partition coefficient (Wildman–Crippen LogP) is 2.74. The third kappa shape index (κ3) is 3.89. The van der Waals surface area contributed by atoms with Gasteiger partial charge in [0.2, 0.25) is 5.91 Å². The van der Waals surface area contributed by atoms with Crippen molar-refractivity contribution in [1.29, 1.82) is 0 Å². The molecule has 2 aromatic carbocycles. The lowest BCUT2D eigenvalue weighted by atomic mass is 10.1. The van der Waals surface area contributed by atoms with Gasteiger partial charge in [0.05, 0.1) is 0 Å². The molecule has 0 saturated carbocycles. The topological polar surface area (TPSA) is 32.3 Å². The summed E-state index contributed by atoms with van der Waals surface area (Å²) in [5, 5.41) is 2.80. The zero-order valence-electron chi connectivity index (χ0n) is 12.2. The van der Waals surface area contributed by atoms with Gasteiger partial charge in [-0.1, -0.05) is 48.5 Å². The van der Waals surface area contributed by atoms with Crippen LogP contribution in [0.25, 0.3) is 0 Å². The molecule has 1 N–H and O–H groups in total. The molecule has 0 heterocycles. The summed E-state index contributed by atoms with van der Waals surface area (Å²) in [4.78, 5) is 14.2. The minimum absolute atomic E-state index is 0.144. The standard InChI is InChI=1S/C17H19FN2O/c1-20(2)16(13-8-4-3-5-9-13)17(21)19-12-14-10-6-7-11-15(14)18/h3-11,16H,12H2,1-2H3,(H,19,21). The second-order valence-electron chi connectivity index (χ2n) is 5.09. The second kappa shape index (κ2) is 6.99. The third-order valence-corrected chi connectivity index (χ3v) is 3.29. The highest BCUT2D eigenvalue weighted by Crippen LogP contribution is 2.18. The molecule has 0 radical (unpaired) electrons. The molecule has 3 nitrogen and oxygen atoms in total. The summed E-state index contributed by atoms with van der Waals surface area (Å²) in [6, 6.07) is 15.6. The van der Waals surface area contributed by atoms with Crippen molar-refractivity contribution in [2.75, 3.05) is 14.1 Å². The van der Waals surface area contributed by atoms with Crippen molar-refractivity contribution in [3.63, 3.8) is 0 Å². The smallest absolute Gasteiger partial charge is 0.242 e. The fraction of sp³-hybridized carbons (Fsp3) is 0.235. The van der Waals surface area contributed by atoms with Crippen LogP contribution in [-0.2, 0) is 11.3 Å². The molecule has 4 heteroatoms. The van der Waals surface area contributed by atoms with Gasteiger partial charge in [-0.05, 0) is 25.7 Å². The minimum atomic E-state index is -0.391. The van der Waals surface area contributed by atoms with Crippen molar-refractivity contribution in [2.24, 2.45) is 0 Å².